The van der Waals surface area contributed by atoms with E-state index in [0.29, 0.717) is 39.3 Å². The molecule has 0 radical (unpaired) electrons. The summed E-state index contributed by atoms with van der Waals surface area (Å²) in [6.07, 6.45) is 3.35. The van der Waals surface area contributed by atoms with Crippen molar-refractivity contribution in [3.63, 3.8) is 0 Å². The van der Waals surface area contributed by atoms with Gasteiger partial charge in [-0.3, -0.25) is 9.80 Å². The molecule has 2 aliphatic rings. The number of amides is 1. The number of hydrogen-bond acceptors (Lipinski definition) is 4. The normalized spacial score (nSPS) is 23.9. The molecule has 2 N–H and O–H groups in total. The molecule has 2 aromatic rings. The lowest BCUT2D eigenvalue weighted by molar-refractivity contribution is -0.116. The number of hydrogen-bond donors (Lipinski definition) is 2. The molecular weight excluding hydrogens is 445 g/mol. The van der Waals surface area contributed by atoms with Crippen LogP contribution in [0.4, 0.5) is 5.69 Å². The van der Waals surface area contributed by atoms with Crippen LogP contribution in [0, 0.1) is 0 Å². The molecule has 5 nitrogen and oxygen atoms in total. The topological polar surface area (TPSA) is 64.9 Å². The first-order valence-electron chi connectivity index (χ1n) is 9.98. The van der Waals surface area contributed by atoms with Crippen LogP contribution in [0.15, 0.2) is 47.6 Å². The Bertz CT molecular complexity index is 965. The number of anilines is 1. The van der Waals surface area contributed by atoms with E-state index in [4.69, 9.17) is 34.8 Å². The average Bonchev–Trinajstić information content (AvgIpc) is 3.15. The largest absolute Gasteiger partial charge is 0.391 e. The third kappa shape index (κ3) is 4.59. The van der Waals surface area contributed by atoms with Gasteiger partial charge in [0.25, 0.3) is 5.91 Å². The second-order valence-electron chi connectivity index (χ2n) is 7.69. The Hall–Kier alpha value is -1.79. The Morgan fingerprint density at radius 2 is 1.73 bits per heavy atom. The molecule has 1 saturated carbocycles. The number of aliphatic hydroxyl groups is 1. The van der Waals surface area contributed by atoms with Crippen LogP contribution in [-0.4, -0.2) is 28.9 Å². The maximum atomic E-state index is 13.0. The van der Waals surface area contributed by atoms with Crippen molar-refractivity contribution in [3.05, 3.63) is 63.1 Å². The molecule has 1 aliphatic heterocycles. The minimum Gasteiger partial charge on any atom is -0.391 e. The summed E-state index contributed by atoms with van der Waals surface area (Å²) in [7, 11) is 0. The zero-order chi connectivity index (χ0) is 21.3. The second kappa shape index (κ2) is 9.15. The van der Waals surface area contributed by atoms with E-state index < -0.39 is 6.10 Å². The first-order valence-corrected chi connectivity index (χ1v) is 11.1. The summed E-state index contributed by atoms with van der Waals surface area (Å²) in [5.41, 5.74) is 2.04. The predicted octanol–water partition coefficient (Wildman–Crippen LogP) is 5.37. The SMILES string of the molecule is O=C(N[C@H]1CCCC[C@@H]1O)C1=NN(c2ccc(Cl)cc2Cl)[C@H](c2ccc(Cl)cc2)C1. The third-order valence-corrected chi connectivity index (χ3v) is 6.42. The molecule has 0 spiro atoms. The average molecular weight is 467 g/mol. The van der Waals surface area contributed by atoms with Gasteiger partial charge in [-0.05, 0) is 48.7 Å². The van der Waals surface area contributed by atoms with Gasteiger partial charge in [-0.15, -0.1) is 0 Å². The highest BCUT2D eigenvalue weighted by Gasteiger charge is 2.35. The monoisotopic (exact) mass is 465 g/mol. The lowest BCUT2D eigenvalue weighted by Gasteiger charge is -2.28. The number of nitrogens with one attached hydrogen (secondary N) is 1. The molecule has 4 rings (SSSR count). The summed E-state index contributed by atoms with van der Waals surface area (Å²) in [5, 5.41) is 21.2. The molecule has 1 amide bonds. The smallest absolute Gasteiger partial charge is 0.267 e. The van der Waals surface area contributed by atoms with Crippen molar-refractivity contribution >= 4 is 52.1 Å². The number of hydrazone groups is 1. The van der Waals surface area contributed by atoms with Crippen LogP contribution in [0.2, 0.25) is 15.1 Å². The van der Waals surface area contributed by atoms with Crippen molar-refractivity contribution in [2.45, 2.75) is 50.3 Å². The zero-order valence-corrected chi connectivity index (χ0v) is 18.5. The van der Waals surface area contributed by atoms with Crippen molar-refractivity contribution in [1.82, 2.24) is 5.32 Å². The van der Waals surface area contributed by atoms with Gasteiger partial charge in [-0.2, -0.15) is 5.10 Å². The maximum absolute atomic E-state index is 13.0. The van der Waals surface area contributed by atoms with E-state index in [0.717, 1.165) is 24.8 Å². The minimum absolute atomic E-state index is 0.210. The van der Waals surface area contributed by atoms with Crippen LogP contribution in [0.1, 0.15) is 43.7 Å². The summed E-state index contributed by atoms with van der Waals surface area (Å²) in [4.78, 5) is 13.0. The quantitative estimate of drug-likeness (QED) is 0.636. The summed E-state index contributed by atoms with van der Waals surface area (Å²) in [6.45, 7) is 0. The number of nitrogens with zero attached hydrogens (tertiary/aromatic N) is 2. The minimum atomic E-state index is -0.515. The second-order valence-corrected chi connectivity index (χ2v) is 8.97. The van der Waals surface area contributed by atoms with Gasteiger partial charge in [-0.25, -0.2) is 0 Å². The highest BCUT2D eigenvalue weighted by atomic mass is 35.5. The zero-order valence-electron chi connectivity index (χ0n) is 16.2. The van der Waals surface area contributed by atoms with E-state index in [1.54, 1.807) is 23.2 Å². The van der Waals surface area contributed by atoms with Gasteiger partial charge in [0.15, 0.2) is 0 Å². The fraction of sp³-hybridized carbons (Fsp3) is 0.364. The molecule has 0 aromatic heterocycles. The van der Waals surface area contributed by atoms with Gasteiger partial charge in [0.2, 0.25) is 0 Å². The van der Waals surface area contributed by atoms with Crippen molar-refractivity contribution in [2.75, 3.05) is 5.01 Å². The Morgan fingerprint density at radius 1 is 1.03 bits per heavy atom. The third-order valence-electron chi connectivity index (χ3n) is 5.63. The van der Waals surface area contributed by atoms with Crippen LogP contribution < -0.4 is 10.3 Å². The molecule has 30 heavy (non-hydrogen) atoms. The Kier molecular flexibility index (Phi) is 6.54. The van der Waals surface area contributed by atoms with Gasteiger partial charge in [-0.1, -0.05) is 59.8 Å². The van der Waals surface area contributed by atoms with E-state index in [1.165, 1.54) is 0 Å². The maximum Gasteiger partial charge on any atom is 0.267 e. The number of aliphatic hydroxyl groups excluding tert-OH is 1. The van der Waals surface area contributed by atoms with E-state index in [2.05, 4.69) is 10.4 Å². The molecule has 0 bridgehead atoms. The number of benzene rings is 2. The molecule has 0 unspecified atom stereocenters. The van der Waals surface area contributed by atoms with E-state index in [1.807, 2.05) is 24.3 Å². The van der Waals surface area contributed by atoms with Gasteiger partial charge < -0.3 is 10.4 Å². The molecule has 1 fully saturated rings. The first kappa shape index (κ1) is 21.4. The van der Waals surface area contributed by atoms with Crippen molar-refractivity contribution in [3.8, 4) is 0 Å². The van der Waals surface area contributed by atoms with E-state index in [-0.39, 0.29) is 18.0 Å². The standard InChI is InChI=1S/C22H22Cl3N3O2/c23-14-7-5-13(6-8-14)20-12-18(22(30)26-17-3-1-2-4-21(17)29)27-28(20)19-10-9-15(24)11-16(19)25/h5-11,17,20-21,29H,1-4,12H2,(H,26,30)/t17-,20-,21-/m0/s1. The Labute approximate surface area is 190 Å². The molecule has 2 aromatic carbocycles. The highest BCUT2D eigenvalue weighted by molar-refractivity contribution is 6.40. The van der Waals surface area contributed by atoms with Crippen molar-refractivity contribution < 1.29 is 9.90 Å². The Balaban J connectivity index is 1.63. The van der Waals surface area contributed by atoms with Gasteiger partial charge >= 0.3 is 0 Å². The lowest BCUT2D eigenvalue weighted by atomic mass is 9.92. The molecule has 3 atom stereocenters. The summed E-state index contributed by atoms with van der Waals surface area (Å²) >= 11 is 18.5. The van der Waals surface area contributed by atoms with Crippen LogP contribution >= 0.6 is 34.8 Å². The number of halogens is 3. The number of carbonyl (C=O) groups excluding carboxylic acids is 1. The molecule has 1 heterocycles. The van der Waals surface area contributed by atoms with Crippen LogP contribution in [-0.2, 0) is 4.79 Å². The lowest BCUT2D eigenvalue weighted by Crippen LogP contribution is -2.47. The van der Waals surface area contributed by atoms with Crippen LogP contribution in [0.5, 0.6) is 0 Å². The van der Waals surface area contributed by atoms with Crippen LogP contribution in [0.3, 0.4) is 0 Å². The van der Waals surface area contributed by atoms with Gasteiger partial charge in [0.05, 0.1) is 28.9 Å². The first-order chi connectivity index (χ1) is 14.4. The fourth-order valence-corrected chi connectivity index (χ4v) is 4.63. The van der Waals surface area contributed by atoms with Crippen molar-refractivity contribution in [1.29, 1.82) is 0 Å². The van der Waals surface area contributed by atoms with Crippen LogP contribution in [0.25, 0.3) is 0 Å². The Morgan fingerprint density at radius 3 is 2.43 bits per heavy atom. The molecule has 8 heteroatoms. The van der Waals surface area contributed by atoms with Gasteiger partial charge in [0, 0.05) is 16.5 Å². The van der Waals surface area contributed by atoms with E-state index >= 15 is 0 Å². The molecular formula is C22H22Cl3N3O2. The summed E-state index contributed by atoms with van der Waals surface area (Å²) < 4.78 is 0. The van der Waals surface area contributed by atoms with Crippen molar-refractivity contribution in [2.24, 2.45) is 5.10 Å². The predicted molar refractivity (Wildman–Crippen MR) is 122 cm³/mol. The fourth-order valence-electron chi connectivity index (χ4n) is 4.01. The molecule has 0 saturated heterocycles. The highest BCUT2D eigenvalue weighted by Crippen LogP contribution is 2.40. The molecule has 1 aliphatic carbocycles. The molecule has 158 valence electrons. The summed E-state index contributed by atoms with van der Waals surface area (Å²) in [5.74, 6) is -0.257. The van der Waals surface area contributed by atoms with E-state index in [9.17, 15) is 9.90 Å². The number of rotatable bonds is 4. The number of carbonyl (C=O) groups is 1. The summed E-state index contributed by atoms with van der Waals surface area (Å²) in [6, 6.07) is 12.2. The van der Waals surface area contributed by atoms with Gasteiger partial charge in [0.1, 0.15) is 5.71 Å².